The first-order valence-electron chi connectivity index (χ1n) is 15.7. The average Bonchev–Trinajstić information content (AvgIpc) is 3.69. The Morgan fingerprint density at radius 3 is 2.58 bits per heavy atom. The topological polar surface area (TPSA) is 147 Å². The van der Waals surface area contributed by atoms with Gasteiger partial charge < -0.3 is 25.0 Å². The van der Waals surface area contributed by atoms with E-state index in [1.807, 2.05) is 13.0 Å². The van der Waals surface area contributed by atoms with Crippen molar-refractivity contribution in [1.29, 1.82) is 0 Å². The summed E-state index contributed by atoms with van der Waals surface area (Å²) in [4.78, 5) is 53.0. The number of hydrogen-bond acceptors (Lipinski definition) is 9. The number of anilines is 2. The first-order valence-corrected chi connectivity index (χ1v) is 16.1. The molecule has 18 heteroatoms. The number of aromatic nitrogens is 5. The van der Waals surface area contributed by atoms with Crippen molar-refractivity contribution in [2.45, 2.75) is 37.9 Å². The van der Waals surface area contributed by atoms with Crippen molar-refractivity contribution in [1.82, 2.24) is 29.0 Å². The van der Waals surface area contributed by atoms with Gasteiger partial charge in [-0.1, -0.05) is 24.6 Å². The van der Waals surface area contributed by atoms with Crippen LogP contribution in [0, 0.1) is 5.82 Å². The second-order valence-corrected chi connectivity index (χ2v) is 12.6. The van der Waals surface area contributed by atoms with Crippen LogP contribution in [0.2, 0.25) is 5.02 Å². The summed E-state index contributed by atoms with van der Waals surface area (Å²) < 4.78 is 61.8. The average molecular weight is 717 g/mol. The van der Waals surface area contributed by atoms with Gasteiger partial charge in [0.1, 0.15) is 11.7 Å². The first kappa shape index (κ1) is 33.5. The molecular formula is C32H29ClF4N8O5. The molecular weight excluding hydrogens is 688 g/mol. The number of amides is 2. The van der Waals surface area contributed by atoms with Crippen LogP contribution in [0.5, 0.6) is 5.75 Å². The van der Waals surface area contributed by atoms with Gasteiger partial charge in [-0.05, 0) is 42.7 Å². The Labute approximate surface area is 285 Å². The molecule has 2 atom stereocenters. The summed E-state index contributed by atoms with van der Waals surface area (Å²) in [6.07, 6.45) is -1.00. The van der Waals surface area contributed by atoms with Gasteiger partial charge in [-0.15, -0.1) is 5.10 Å². The number of fused-ring (bicyclic) bond motifs is 3. The molecule has 4 aromatic rings. The highest BCUT2D eigenvalue weighted by molar-refractivity contribution is 6.33. The number of carbonyl (C=O) groups is 2. The highest BCUT2D eigenvalue weighted by Crippen LogP contribution is 2.42. The summed E-state index contributed by atoms with van der Waals surface area (Å²) in [5, 5.41) is 17.0. The number of pyridine rings is 1. The number of aromatic hydroxyl groups is 1. The van der Waals surface area contributed by atoms with E-state index in [0.717, 1.165) is 40.6 Å². The second kappa shape index (κ2) is 12.7. The third kappa shape index (κ3) is 5.83. The minimum atomic E-state index is -4.62. The van der Waals surface area contributed by atoms with Gasteiger partial charge >= 0.3 is 6.18 Å². The maximum absolute atomic E-state index is 14.3. The lowest BCUT2D eigenvalue weighted by Gasteiger charge is -2.36. The van der Waals surface area contributed by atoms with Crippen molar-refractivity contribution in [2.24, 2.45) is 0 Å². The Morgan fingerprint density at radius 1 is 1.14 bits per heavy atom. The molecule has 3 aromatic heterocycles. The van der Waals surface area contributed by atoms with E-state index >= 15 is 0 Å². The van der Waals surface area contributed by atoms with Crippen LogP contribution in [-0.4, -0.2) is 85.4 Å². The normalized spacial score (nSPS) is 19.4. The molecule has 7 rings (SSSR count). The van der Waals surface area contributed by atoms with Crippen molar-refractivity contribution < 1.29 is 37.0 Å². The number of ether oxygens (including phenoxy) is 1. The Hall–Kier alpha value is -5.03. The number of alkyl halides is 3. The summed E-state index contributed by atoms with van der Waals surface area (Å²) in [7, 11) is 0. The van der Waals surface area contributed by atoms with Crippen LogP contribution in [0.1, 0.15) is 59.3 Å². The highest BCUT2D eigenvalue weighted by Gasteiger charge is 2.41. The molecule has 1 fully saturated rings. The van der Waals surface area contributed by atoms with Crippen molar-refractivity contribution in [3.8, 4) is 5.75 Å². The van der Waals surface area contributed by atoms with Gasteiger partial charge in [0.25, 0.3) is 11.5 Å². The van der Waals surface area contributed by atoms with Crippen LogP contribution in [0.3, 0.4) is 0 Å². The Kier molecular flexibility index (Phi) is 8.50. The van der Waals surface area contributed by atoms with E-state index < -0.39 is 52.4 Å². The zero-order valence-corrected chi connectivity index (χ0v) is 27.1. The Bertz CT molecular complexity index is 2130. The van der Waals surface area contributed by atoms with Gasteiger partial charge in [-0.2, -0.15) is 22.7 Å². The fourth-order valence-corrected chi connectivity index (χ4v) is 6.85. The first-order chi connectivity index (χ1) is 23.8. The fourth-order valence-electron chi connectivity index (χ4n) is 6.62. The molecule has 2 amide bonds. The lowest BCUT2D eigenvalue weighted by Crippen LogP contribution is -2.51. The van der Waals surface area contributed by atoms with E-state index in [9.17, 15) is 37.1 Å². The summed E-state index contributed by atoms with van der Waals surface area (Å²) in [6, 6.07) is 2.63. The molecule has 0 saturated carbocycles. The van der Waals surface area contributed by atoms with Crippen molar-refractivity contribution in [3.63, 3.8) is 0 Å². The molecule has 2 N–H and O–H groups in total. The summed E-state index contributed by atoms with van der Waals surface area (Å²) in [5.41, 5.74) is -0.366. The lowest BCUT2D eigenvalue weighted by molar-refractivity contribution is -0.137. The molecule has 0 radical (unpaired) electrons. The Balaban J connectivity index is 1.26. The third-order valence-corrected chi connectivity index (χ3v) is 9.44. The van der Waals surface area contributed by atoms with Crippen LogP contribution < -0.4 is 15.8 Å². The molecule has 13 nitrogen and oxygen atoms in total. The van der Waals surface area contributed by atoms with E-state index in [4.69, 9.17) is 21.3 Å². The zero-order valence-electron chi connectivity index (χ0n) is 26.4. The number of hydrogen-bond donors (Lipinski definition) is 2. The molecule has 3 aliphatic rings. The van der Waals surface area contributed by atoms with Crippen LogP contribution in [0.4, 0.5) is 28.9 Å². The summed E-state index contributed by atoms with van der Waals surface area (Å²) >= 11 is 6.16. The largest absolute Gasteiger partial charge is 0.503 e. The second-order valence-electron chi connectivity index (χ2n) is 12.2. The minimum absolute atomic E-state index is 0.0165. The third-order valence-electron chi connectivity index (χ3n) is 9.13. The number of rotatable bonds is 5. The van der Waals surface area contributed by atoms with E-state index in [2.05, 4.69) is 15.4 Å². The standard InChI is InChI=1S/C32H29ClF4N8O5/c1-16-14-22(28(47)39-21-3-2-18(15-19(21)33)32(35,36)37)44-24(16)25(30(49)45-31(44)40-27(41-45)17-5-12-50-13-6-17)42-8-10-43(11-9-42)29(48)23-26(46)20(34)4-7-38-23/h2-5,7,15-16,22,46H,6,8-14H2,1H3,(H,39,47)/t16-,22-/m1/s1. The number of benzene rings is 1. The van der Waals surface area contributed by atoms with Gasteiger partial charge in [0.2, 0.25) is 11.7 Å². The number of carbonyl (C=O) groups excluding carboxylic acids is 2. The van der Waals surface area contributed by atoms with E-state index in [0.29, 0.717) is 31.2 Å². The zero-order chi connectivity index (χ0) is 35.5. The number of nitrogens with zero attached hydrogens (tertiary/aromatic N) is 7. The molecule has 3 aliphatic heterocycles. The molecule has 262 valence electrons. The Morgan fingerprint density at radius 2 is 1.90 bits per heavy atom. The molecule has 0 unspecified atom stereocenters. The van der Waals surface area contributed by atoms with Crippen LogP contribution in [0.15, 0.2) is 41.3 Å². The number of piperazine rings is 1. The fraction of sp³-hybridized carbons (Fsp3) is 0.375. The van der Waals surface area contributed by atoms with Crippen molar-refractivity contribution >= 4 is 46.1 Å². The SMILES string of the molecule is C[C@@H]1C[C@H](C(=O)Nc2ccc(C(F)(F)F)cc2Cl)n2c1c(N1CCN(C(=O)c3nccc(F)c3O)CC1)c(=O)n1nc(C3=CCOCC3)nc21. The molecule has 1 aromatic carbocycles. The smallest absolute Gasteiger partial charge is 0.416 e. The van der Waals surface area contributed by atoms with Crippen LogP contribution in [0.25, 0.3) is 11.4 Å². The van der Waals surface area contributed by atoms with Gasteiger partial charge in [0.05, 0.1) is 35.2 Å². The monoisotopic (exact) mass is 716 g/mol. The number of halogens is 5. The summed E-state index contributed by atoms with van der Waals surface area (Å²) in [5.74, 6) is -3.04. The predicted octanol–water partition coefficient (Wildman–Crippen LogP) is 4.26. The molecule has 0 spiro atoms. The molecule has 0 bridgehead atoms. The van der Waals surface area contributed by atoms with Gasteiger partial charge in [-0.25, -0.2) is 9.37 Å². The molecule has 50 heavy (non-hydrogen) atoms. The molecule has 1 saturated heterocycles. The van der Waals surface area contributed by atoms with Gasteiger partial charge in [0, 0.05) is 38.3 Å². The van der Waals surface area contributed by atoms with Crippen molar-refractivity contribution in [2.75, 3.05) is 49.6 Å². The molecule has 0 aliphatic carbocycles. The number of nitrogens with one attached hydrogen (secondary N) is 1. The van der Waals surface area contributed by atoms with Crippen LogP contribution >= 0.6 is 11.6 Å². The molecule has 6 heterocycles. The van der Waals surface area contributed by atoms with Crippen molar-refractivity contribution in [3.05, 3.63) is 80.5 Å². The van der Waals surface area contributed by atoms with Gasteiger partial charge in [0.15, 0.2) is 23.1 Å². The van der Waals surface area contributed by atoms with E-state index in [-0.39, 0.29) is 60.7 Å². The maximum atomic E-state index is 14.3. The van der Waals surface area contributed by atoms with Crippen LogP contribution in [-0.2, 0) is 15.7 Å². The lowest BCUT2D eigenvalue weighted by atomic mass is 10.0. The predicted molar refractivity (Wildman–Crippen MR) is 172 cm³/mol. The maximum Gasteiger partial charge on any atom is 0.416 e. The summed E-state index contributed by atoms with van der Waals surface area (Å²) in [6.45, 7) is 3.17. The van der Waals surface area contributed by atoms with Gasteiger partial charge in [-0.3, -0.25) is 19.0 Å². The minimum Gasteiger partial charge on any atom is -0.503 e. The van der Waals surface area contributed by atoms with E-state index in [1.54, 1.807) is 9.47 Å². The van der Waals surface area contributed by atoms with E-state index in [1.165, 1.54) is 4.90 Å². The quantitative estimate of drug-likeness (QED) is 0.289. The highest BCUT2D eigenvalue weighted by atomic mass is 35.5.